The van der Waals surface area contributed by atoms with Crippen molar-refractivity contribution in [2.24, 2.45) is 5.92 Å². The highest BCUT2D eigenvalue weighted by Gasteiger charge is 2.19. The number of Topliss-reactive ketones (excluding diaryl/α,β-unsaturated/α-hetero) is 1. The topological polar surface area (TPSA) is 42.0 Å². The van der Waals surface area contributed by atoms with Crippen LogP contribution in [0.4, 0.5) is 0 Å². The molecule has 1 saturated heterocycles. The molecule has 1 aromatic heterocycles. The lowest BCUT2D eigenvalue weighted by Crippen LogP contribution is -2.12. The van der Waals surface area contributed by atoms with Gasteiger partial charge in [0.2, 0.25) is 0 Å². The summed E-state index contributed by atoms with van der Waals surface area (Å²) in [6, 6.07) is 9.71. The number of hydrogen-bond acceptors (Lipinski definition) is 3. The van der Waals surface area contributed by atoms with Crippen molar-refractivity contribution in [3.63, 3.8) is 0 Å². The van der Waals surface area contributed by atoms with Crippen molar-refractivity contribution in [2.45, 2.75) is 12.8 Å². The monoisotopic (exact) mass is 240 g/mol. The minimum atomic E-state index is 0.233. The van der Waals surface area contributed by atoms with E-state index in [-0.39, 0.29) is 5.78 Å². The van der Waals surface area contributed by atoms with Gasteiger partial charge in [0.15, 0.2) is 5.78 Å². The molecule has 1 aliphatic rings. The zero-order valence-corrected chi connectivity index (χ0v) is 10.2. The summed E-state index contributed by atoms with van der Waals surface area (Å²) in [5.41, 5.74) is 1.68. The van der Waals surface area contributed by atoms with Gasteiger partial charge in [-0.2, -0.15) is 0 Å². The predicted octanol–water partition coefficient (Wildman–Crippen LogP) is 2.42. The summed E-state index contributed by atoms with van der Waals surface area (Å²) in [4.78, 5) is 16.5. The molecule has 0 radical (unpaired) electrons. The van der Waals surface area contributed by atoms with E-state index in [4.69, 9.17) is 0 Å². The Morgan fingerprint density at radius 1 is 1.39 bits per heavy atom. The number of carbonyl (C=O) groups excluding carboxylic acids is 1. The SMILES string of the molecule is O=C(CC1CCNC1)c1ccc2cccnc2c1. The van der Waals surface area contributed by atoms with Gasteiger partial charge in [-0.15, -0.1) is 0 Å². The molecule has 2 heterocycles. The van der Waals surface area contributed by atoms with E-state index < -0.39 is 0 Å². The molecule has 0 saturated carbocycles. The molecule has 1 fully saturated rings. The van der Waals surface area contributed by atoms with E-state index in [0.717, 1.165) is 36.0 Å². The highest BCUT2D eigenvalue weighted by molar-refractivity contribution is 5.99. The first-order valence-electron chi connectivity index (χ1n) is 6.41. The summed E-state index contributed by atoms with van der Waals surface area (Å²) in [5, 5.41) is 4.37. The number of rotatable bonds is 3. The van der Waals surface area contributed by atoms with Crippen LogP contribution in [0.5, 0.6) is 0 Å². The Bertz CT molecular complexity index is 573. The molecule has 1 N–H and O–H groups in total. The lowest BCUT2D eigenvalue weighted by Gasteiger charge is -2.07. The fourth-order valence-electron chi connectivity index (χ4n) is 2.51. The van der Waals surface area contributed by atoms with Gasteiger partial charge in [-0.05, 0) is 37.6 Å². The number of pyridine rings is 1. The van der Waals surface area contributed by atoms with Crippen LogP contribution in [-0.2, 0) is 0 Å². The van der Waals surface area contributed by atoms with Gasteiger partial charge in [0, 0.05) is 23.6 Å². The average molecular weight is 240 g/mol. The zero-order valence-electron chi connectivity index (χ0n) is 10.2. The van der Waals surface area contributed by atoms with Crippen LogP contribution < -0.4 is 5.32 Å². The van der Waals surface area contributed by atoms with E-state index >= 15 is 0 Å². The first kappa shape index (κ1) is 11.4. The van der Waals surface area contributed by atoms with Gasteiger partial charge in [0.1, 0.15) is 0 Å². The first-order chi connectivity index (χ1) is 8.83. The van der Waals surface area contributed by atoms with Crippen molar-refractivity contribution < 1.29 is 4.79 Å². The maximum absolute atomic E-state index is 12.2. The van der Waals surface area contributed by atoms with E-state index in [9.17, 15) is 4.79 Å². The summed E-state index contributed by atoms with van der Waals surface area (Å²) in [6.45, 7) is 2.01. The molecule has 0 spiro atoms. The Hall–Kier alpha value is -1.74. The maximum Gasteiger partial charge on any atom is 0.163 e. The molecule has 1 aromatic carbocycles. The minimum absolute atomic E-state index is 0.233. The summed E-state index contributed by atoms with van der Waals surface area (Å²) in [6.07, 6.45) is 3.51. The molecule has 3 heteroatoms. The van der Waals surface area contributed by atoms with Crippen LogP contribution in [0.25, 0.3) is 10.9 Å². The summed E-state index contributed by atoms with van der Waals surface area (Å²) in [5.74, 6) is 0.730. The Morgan fingerprint density at radius 3 is 3.17 bits per heavy atom. The molecule has 0 bridgehead atoms. The van der Waals surface area contributed by atoms with Crippen LogP contribution >= 0.6 is 0 Å². The molecule has 92 valence electrons. The van der Waals surface area contributed by atoms with E-state index in [1.807, 2.05) is 30.3 Å². The number of ketones is 1. The van der Waals surface area contributed by atoms with Crippen LogP contribution in [0, 0.1) is 5.92 Å². The smallest absolute Gasteiger partial charge is 0.163 e. The van der Waals surface area contributed by atoms with Gasteiger partial charge in [-0.25, -0.2) is 0 Å². The fourth-order valence-corrected chi connectivity index (χ4v) is 2.51. The quantitative estimate of drug-likeness (QED) is 0.838. The van der Waals surface area contributed by atoms with Crippen LogP contribution in [0.3, 0.4) is 0 Å². The van der Waals surface area contributed by atoms with Crippen molar-refractivity contribution >= 4 is 16.7 Å². The number of carbonyl (C=O) groups is 1. The van der Waals surface area contributed by atoms with Crippen molar-refractivity contribution in [1.29, 1.82) is 0 Å². The number of benzene rings is 1. The van der Waals surface area contributed by atoms with E-state index in [1.165, 1.54) is 0 Å². The van der Waals surface area contributed by atoms with Gasteiger partial charge < -0.3 is 5.32 Å². The van der Waals surface area contributed by atoms with E-state index in [0.29, 0.717) is 12.3 Å². The molecular formula is C15H16N2O. The lowest BCUT2D eigenvalue weighted by molar-refractivity contribution is 0.0964. The molecule has 2 aromatic rings. The highest BCUT2D eigenvalue weighted by atomic mass is 16.1. The minimum Gasteiger partial charge on any atom is -0.316 e. The largest absolute Gasteiger partial charge is 0.316 e. The van der Waals surface area contributed by atoms with Crippen molar-refractivity contribution in [3.8, 4) is 0 Å². The molecule has 3 rings (SSSR count). The molecule has 1 atom stereocenters. The van der Waals surface area contributed by atoms with Gasteiger partial charge >= 0.3 is 0 Å². The Balaban J connectivity index is 1.82. The van der Waals surface area contributed by atoms with E-state index in [1.54, 1.807) is 6.20 Å². The third-order valence-electron chi connectivity index (χ3n) is 3.56. The number of aromatic nitrogens is 1. The number of hydrogen-bond donors (Lipinski definition) is 1. The predicted molar refractivity (Wildman–Crippen MR) is 71.7 cm³/mol. The average Bonchev–Trinajstić information content (AvgIpc) is 2.91. The maximum atomic E-state index is 12.2. The van der Waals surface area contributed by atoms with E-state index in [2.05, 4.69) is 10.3 Å². The second-order valence-corrected chi connectivity index (χ2v) is 4.90. The third-order valence-corrected chi connectivity index (χ3v) is 3.56. The zero-order chi connectivity index (χ0) is 12.4. The highest BCUT2D eigenvalue weighted by Crippen LogP contribution is 2.19. The van der Waals surface area contributed by atoms with Gasteiger partial charge in [0.05, 0.1) is 5.52 Å². The number of fused-ring (bicyclic) bond motifs is 1. The van der Waals surface area contributed by atoms with Crippen LogP contribution in [-0.4, -0.2) is 23.9 Å². The lowest BCUT2D eigenvalue weighted by atomic mass is 9.97. The number of nitrogens with zero attached hydrogens (tertiary/aromatic N) is 1. The normalized spacial score (nSPS) is 19.2. The van der Waals surface area contributed by atoms with Crippen molar-refractivity contribution in [1.82, 2.24) is 10.3 Å². The Morgan fingerprint density at radius 2 is 2.33 bits per heavy atom. The van der Waals surface area contributed by atoms with Gasteiger partial charge in [0.25, 0.3) is 0 Å². The standard InChI is InChI=1S/C15H16N2O/c18-15(8-11-5-7-16-10-11)13-4-3-12-2-1-6-17-14(12)9-13/h1-4,6,9,11,16H,5,7-8,10H2. The fraction of sp³-hybridized carbons (Fsp3) is 0.333. The van der Waals surface area contributed by atoms with Gasteiger partial charge in [-0.1, -0.05) is 18.2 Å². The Kier molecular flexibility index (Phi) is 3.07. The van der Waals surface area contributed by atoms with Crippen molar-refractivity contribution in [2.75, 3.05) is 13.1 Å². The Labute approximate surface area is 106 Å². The number of nitrogens with one attached hydrogen (secondary N) is 1. The molecule has 1 unspecified atom stereocenters. The molecule has 0 aliphatic carbocycles. The second-order valence-electron chi connectivity index (χ2n) is 4.90. The summed E-state index contributed by atoms with van der Waals surface area (Å²) in [7, 11) is 0. The van der Waals surface area contributed by atoms with Gasteiger partial charge in [-0.3, -0.25) is 9.78 Å². The second kappa shape index (κ2) is 4.86. The molecule has 18 heavy (non-hydrogen) atoms. The molecule has 0 amide bonds. The van der Waals surface area contributed by atoms with Crippen LogP contribution in [0.15, 0.2) is 36.5 Å². The van der Waals surface area contributed by atoms with Crippen LogP contribution in [0.2, 0.25) is 0 Å². The first-order valence-corrected chi connectivity index (χ1v) is 6.41. The van der Waals surface area contributed by atoms with Crippen LogP contribution in [0.1, 0.15) is 23.2 Å². The molecule has 1 aliphatic heterocycles. The summed E-state index contributed by atoms with van der Waals surface area (Å²) >= 11 is 0. The molecular weight excluding hydrogens is 224 g/mol. The molecule has 3 nitrogen and oxygen atoms in total. The third kappa shape index (κ3) is 2.27. The van der Waals surface area contributed by atoms with Crippen molar-refractivity contribution in [3.05, 3.63) is 42.1 Å². The summed E-state index contributed by atoms with van der Waals surface area (Å²) < 4.78 is 0.